The molecule has 2 heterocycles. The Morgan fingerprint density at radius 2 is 2.24 bits per heavy atom. The number of aromatic nitrogens is 6. The van der Waals surface area contributed by atoms with Crippen LogP contribution in [0.15, 0.2) is 12.5 Å². The number of aryl methyl sites for hydroxylation is 2. The molecular formula is C10H17N7. The smallest absolute Gasteiger partial charge is 0.144 e. The first kappa shape index (κ1) is 11.6. The Morgan fingerprint density at radius 3 is 2.94 bits per heavy atom. The fourth-order valence-corrected chi connectivity index (χ4v) is 1.61. The van der Waals surface area contributed by atoms with Crippen LogP contribution >= 0.6 is 0 Å². The van der Waals surface area contributed by atoms with Gasteiger partial charge in [0, 0.05) is 26.6 Å². The van der Waals surface area contributed by atoms with Crippen LogP contribution in [0.3, 0.4) is 0 Å². The van der Waals surface area contributed by atoms with Gasteiger partial charge in [-0.3, -0.25) is 0 Å². The number of nitrogens with one attached hydrogen (secondary N) is 1. The zero-order valence-corrected chi connectivity index (χ0v) is 10.2. The first-order valence-corrected chi connectivity index (χ1v) is 5.76. The molecule has 2 aromatic heterocycles. The van der Waals surface area contributed by atoms with Gasteiger partial charge in [0.05, 0.1) is 6.20 Å². The zero-order chi connectivity index (χ0) is 12.1. The van der Waals surface area contributed by atoms with Crippen LogP contribution in [-0.4, -0.2) is 36.3 Å². The Hall–Kier alpha value is -1.92. The molecule has 7 heteroatoms. The lowest BCUT2D eigenvalue weighted by atomic mass is 10.4. The third-order valence-corrected chi connectivity index (χ3v) is 2.51. The van der Waals surface area contributed by atoms with E-state index >= 15 is 0 Å². The summed E-state index contributed by atoms with van der Waals surface area (Å²) in [6.45, 7) is 3.79. The molecule has 0 aliphatic carbocycles. The lowest BCUT2D eigenvalue weighted by molar-refractivity contribution is 0.582. The lowest BCUT2D eigenvalue weighted by Gasteiger charge is -2.07. The van der Waals surface area contributed by atoms with Crippen LogP contribution in [0.4, 0.5) is 5.82 Å². The standard InChI is InChI=1S/C10H17N7/c1-3-6-17-10(7-12-15-17)11-5-4-9-14-13-8-16(9)2/h7-8,11H,3-6H2,1-2H3. The molecule has 0 amide bonds. The van der Waals surface area contributed by atoms with Crippen molar-refractivity contribution in [2.75, 3.05) is 11.9 Å². The van der Waals surface area contributed by atoms with Crippen molar-refractivity contribution in [2.24, 2.45) is 7.05 Å². The number of hydrogen-bond donors (Lipinski definition) is 1. The molecule has 0 aromatic carbocycles. The summed E-state index contributed by atoms with van der Waals surface area (Å²) in [5.74, 6) is 1.92. The van der Waals surface area contributed by atoms with E-state index in [1.165, 1.54) is 0 Å². The SMILES string of the molecule is CCCn1nncc1NCCc1nncn1C. The van der Waals surface area contributed by atoms with Crippen molar-refractivity contribution in [2.45, 2.75) is 26.3 Å². The van der Waals surface area contributed by atoms with Gasteiger partial charge in [-0.05, 0) is 6.42 Å². The normalized spacial score (nSPS) is 10.7. The third kappa shape index (κ3) is 2.80. The van der Waals surface area contributed by atoms with Crippen LogP contribution in [0.2, 0.25) is 0 Å². The van der Waals surface area contributed by atoms with Crippen LogP contribution < -0.4 is 5.32 Å². The molecule has 0 aliphatic heterocycles. The summed E-state index contributed by atoms with van der Waals surface area (Å²) in [5.41, 5.74) is 0. The Kier molecular flexibility index (Phi) is 3.69. The average Bonchev–Trinajstić information content (AvgIpc) is 2.90. The lowest BCUT2D eigenvalue weighted by Crippen LogP contribution is -2.12. The predicted octanol–water partition coefficient (Wildman–Crippen LogP) is 0.471. The van der Waals surface area contributed by atoms with E-state index < -0.39 is 0 Å². The molecule has 7 nitrogen and oxygen atoms in total. The van der Waals surface area contributed by atoms with Crippen LogP contribution in [0.25, 0.3) is 0 Å². The van der Waals surface area contributed by atoms with Crippen molar-refractivity contribution < 1.29 is 0 Å². The van der Waals surface area contributed by atoms with Crippen molar-refractivity contribution >= 4 is 5.82 Å². The van der Waals surface area contributed by atoms with Crippen molar-refractivity contribution in [3.63, 3.8) is 0 Å². The van der Waals surface area contributed by atoms with Gasteiger partial charge in [0.25, 0.3) is 0 Å². The van der Waals surface area contributed by atoms with Crippen LogP contribution in [0, 0.1) is 0 Å². The van der Waals surface area contributed by atoms with E-state index in [0.29, 0.717) is 0 Å². The van der Waals surface area contributed by atoms with Gasteiger partial charge in [0.1, 0.15) is 18.0 Å². The topological polar surface area (TPSA) is 73.5 Å². The first-order valence-electron chi connectivity index (χ1n) is 5.76. The van der Waals surface area contributed by atoms with Gasteiger partial charge in [0.15, 0.2) is 0 Å². The minimum Gasteiger partial charge on any atom is -0.368 e. The quantitative estimate of drug-likeness (QED) is 0.788. The maximum Gasteiger partial charge on any atom is 0.144 e. The highest BCUT2D eigenvalue weighted by atomic mass is 15.4. The van der Waals surface area contributed by atoms with Gasteiger partial charge < -0.3 is 9.88 Å². The second-order valence-electron chi connectivity index (χ2n) is 3.88. The molecule has 0 saturated carbocycles. The van der Waals surface area contributed by atoms with E-state index in [4.69, 9.17) is 0 Å². The highest BCUT2D eigenvalue weighted by Crippen LogP contribution is 2.04. The molecule has 0 saturated heterocycles. The molecule has 0 radical (unpaired) electrons. The predicted molar refractivity (Wildman–Crippen MR) is 63.5 cm³/mol. The summed E-state index contributed by atoms with van der Waals surface area (Å²) in [5, 5.41) is 19.1. The summed E-state index contributed by atoms with van der Waals surface area (Å²) in [6, 6.07) is 0. The van der Waals surface area contributed by atoms with E-state index in [9.17, 15) is 0 Å². The largest absolute Gasteiger partial charge is 0.368 e. The summed E-state index contributed by atoms with van der Waals surface area (Å²) in [7, 11) is 1.94. The molecule has 0 unspecified atom stereocenters. The van der Waals surface area contributed by atoms with Gasteiger partial charge in [-0.2, -0.15) is 0 Å². The van der Waals surface area contributed by atoms with Crippen LogP contribution in [0.1, 0.15) is 19.2 Å². The second kappa shape index (κ2) is 5.42. The van der Waals surface area contributed by atoms with Crippen molar-refractivity contribution in [1.82, 2.24) is 29.8 Å². The molecule has 0 aliphatic rings. The van der Waals surface area contributed by atoms with E-state index in [1.54, 1.807) is 12.5 Å². The van der Waals surface area contributed by atoms with Crippen LogP contribution in [-0.2, 0) is 20.0 Å². The summed E-state index contributed by atoms with van der Waals surface area (Å²) in [4.78, 5) is 0. The molecule has 17 heavy (non-hydrogen) atoms. The van der Waals surface area contributed by atoms with E-state index in [0.717, 1.165) is 37.6 Å². The maximum atomic E-state index is 4.03. The number of rotatable bonds is 6. The summed E-state index contributed by atoms with van der Waals surface area (Å²) < 4.78 is 3.79. The number of nitrogens with zero attached hydrogens (tertiary/aromatic N) is 6. The molecule has 0 fully saturated rings. The minimum atomic E-state index is 0.795. The van der Waals surface area contributed by atoms with Gasteiger partial charge >= 0.3 is 0 Å². The number of anilines is 1. The van der Waals surface area contributed by atoms with E-state index in [2.05, 4.69) is 32.7 Å². The molecule has 0 spiro atoms. The van der Waals surface area contributed by atoms with Gasteiger partial charge in [-0.25, -0.2) is 4.68 Å². The Balaban J connectivity index is 1.86. The van der Waals surface area contributed by atoms with Gasteiger partial charge in [-0.15, -0.1) is 15.3 Å². The summed E-state index contributed by atoms with van der Waals surface area (Å²) in [6.07, 6.45) is 5.32. The van der Waals surface area contributed by atoms with Crippen molar-refractivity contribution in [3.05, 3.63) is 18.3 Å². The minimum absolute atomic E-state index is 0.795. The molecule has 92 valence electrons. The van der Waals surface area contributed by atoms with Crippen LogP contribution in [0.5, 0.6) is 0 Å². The summed E-state index contributed by atoms with van der Waals surface area (Å²) >= 11 is 0. The van der Waals surface area contributed by atoms with E-state index in [-0.39, 0.29) is 0 Å². The molecule has 2 rings (SSSR count). The Bertz CT molecular complexity index is 459. The van der Waals surface area contributed by atoms with Crippen molar-refractivity contribution in [3.8, 4) is 0 Å². The highest BCUT2D eigenvalue weighted by Gasteiger charge is 2.03. The molecule has 2 aromatic rings. The molecule has 0 bridgehead atoms. The average molecular weight is 235 g/mol. The molecule has 1 N–H and O–H groups in total. The molecular weight excluding hydrogens is 218 g/mol. The molecule has 0 atom stereocenters. The van der Waals surface area contributed by atoms with Gasteiger partial charge in [-0.1, -0.05) is 12.1 Å². The van der Waals surface area contributed by atoms with Gasteiger partial charge in [0.2, 0.25) is 0 Å². The monoisotopic (exact) mass is 235 g/mol. The Labute approximate surface area is 99.9 Å². The second-order valence-corrected chi connectivity index (χ2v) is 3.88. The number of hydrogen-bond acceptors (Lipinski definition) is 5. The zero-order valence-electron chi connectivity index (χ0n) is 10.2. The first-order chi connectivity index (χ1) is 8.31. The fraction of sp³-hybridized carbons (Fsp3) is 0.600. The third-order valence-electron chi connectivity index (χ3n) is 2.51. The Morgan fingerprint density at radius 1 is 1.35 bits per heavy atom. The highest BCUT2D eigenvalue weighted by molar-refractivity contribution is 5.30. The van der Waals surface area contributed by atoms with Crippen molar-refractivity contribution in [1.29, 1.82) is 0 Å². The van der Waals surface area contributed by atoms with E-state index in [1.807, 2.05) is 16.3 Å². The maximum absolute atomic E-state index is 4.03. The fourth-order valence-electron chi connectivity index (χ4n) is 1.61.